The van der Waals surface area contributed by atoms with Crippen molar-refractivity contribution in [3.8, 4) is 11.8 Å². The highest BCUT2D eigenvalue weighted by Crippen LogP contribution is 2.25. The zero-order valence-corrected chi connectivity index (χ0v) is 20.7. The van der Waals surface area contributed by atoms with Crippen LogP contribution in [0.5, 0.6) is 0 Å². The summed E-state index contributed by atoms with van der Waals surface area (Å²) in [6.45, 7) is 3.80. The van der Waals surface area contributed by atoms with Crippen LogP contribution in [0.1, 0.15) is 36.8 Å². The number of urea groups is 1. The maximum Gasteiger partial charge on any atom is 0.327 e. The number of carbonyl (C=O) groups is 2. The number of fused-ring (bicyclic) bond motifs is 1. The molecule has 1 atom stereocenters. The predicted octanol–water partition coefficient (Wildman–Crippen LogP) is 4.94. The maximum absolute atomic E-state index is 13.5. The van der Waals surface area contributed by atoms with Crippen LogP contribution in [-0.4, -0.2) is 65.4 Å². The molecule has 36 heavy (non-hydrogen) atoms. The van der Waals surface area contributed by atoms with Gasteiger partial charge < -0.3 is 9.80 Å². The number of benzene rings is 3. The van der Waals surface area contributed by atoms with E-state index in [0.717, 1.165) is 31.6 Å². The Morgan fingerprint density at radius 1 is 0.806 bits per heavy atom. The second-order valence-corrected chi connectivity index (χ2v) is 9.63. The number of amides is 3. The summed E-state index contributed by atoms with van der Waals surface area (Å²) in [7, 11) is 0. The quantitative estimate of drug-likeness (QED) is 0.339. The van der Waals surface area contributed by atoms with Gasteiger partial charge in [0.2, 0.25) is 0 Å². The molecule has 3 amide bonds. The van der Waals surface area contributed by atoms with Crippen LogP contribution >= 0.6 is 0 Å². The molecule has 3 aromatic rings. The van der Waals surface area contributed by atoms with E-state index in [1.807, 2.05) is 42.5 Å². The summed E-state index contributed by atoms with van der Waals surface area (Å²) in [6, 6.07) is 23.9. The van der Waals surface area contributed by atoms with Crippen LogP contribution in [0.25, 0.3) is 10.8 Å². The number of hydrogen-bond acceptors (Lipinski definition) is 3. The van der Waals surface area contributed by atoms with Crippen LogP contribution in [0.2, 0.25) is 0 Å². The van der Waals surface area contributed by atoms with Crippen molar-refractivity contribution in [2.45, 2.75) is 38.1 Å². The second kappa shape index (κ2) is 11.4. The normalized spacial score (nSPS) is 18.2. The predicted molar refractivity (Wildman–Crippen MR) is 143 cm³/mol. The van der Waals surface area contributed by atoms with Crippen molar-refractivity contribution in [1.82, 2.24) is 14.7 Å². The lowest BCUT2D eigenvalue weighted by Gasteiger charge is -2.21. The third-order valence-corrected chi connectivity index (χ3v) is 7.29. The molecule has 2 fully saturated rings. The highest BCUT2D eigenvalue weighted by atomic mass is 16.2. The van der Waals surface area contributed by atoms with E-state index in [0.29, 0.717) is 25.9 Å². The highest BCUT2D eigenvalue weighted by molar-refractivity contribution is 6.04. The molecular formula is C31H33N3O2. The Morgan fingerprint density at radius 2 is 1.56 bits per heavy atom. The fourth-order valence-corrected chi connectivity index (χ4v) is 5.35. The summed E-state index contributed by atoms with van der Waals surface area (Å²) in [6.07, 6.45) is 4.30. The summed E-state index contributed by atoms with van der Waals surface area (Å²) < 4.78 is 0. The third kappa shape index (κ3) is 5.45. The van der Waals surface area contributed by atoms with Gasteiger partial charge in [-0.05, 0) is 67.2 Å². The van der Waals surface area contributed by atoms with Crippen LogP contribution in [-0.2, 0) is 11.2 Å². The van der Waals surface area contributed by atoms with E-state index in [1.54, 1.807) is 4.90 Å². The van der Waals surface area contributed by atoms with Crippen LogP contribution in [0, 0.1) is 11.8 Å². The molecule has 2 heterocycles. The Kier molecular flexibility index (Phi) is 7.64. The Morgan fingerprint density at radius 3 is 2.39 bits per heavy atom. The van der Waals surface area contributed by atoms with Crippen molar-refractivity contribution in [2.24, 2.45) is 0 Å². The molecule has 0 N–H and O–H groups in total. The number of likely N-dealkylation sites (tertiary alicyclic amines) is 1. The molecule has 5 nitrogen and oxygen atoms in total. The first-order valence-corrected chi connectivity index (χ1v) is 13.1. The van der Waals surface area contributed by atoms with Gasteiger partial charge in [0.1, 0.15) is 6.04 Å². The Hall–Kier alpha value is -3.62. The number of carbonyl (C=O) groups excluding carboxylic acids is 2. The Bertz CT molecular complexity index is 1270. The standard InChI is InChI=1S/C31H33N3O2/c35-30-29(19-18-27-16-10-15-26-14-4-5-17-28(26)27)33(22-7-6-13-25-11-2-1-3-12-25)31(36)34(30)24-23-32-20-8-9-21-32/h1-5,10-12,14-17,29H,7-9,18-24H2/t29-/m0/s1. The lowest BCUT2D eigenvalue weighted by atomic mass is 9.98. The smallest absolute Gasteiger partial charge is 0.311 e. The molecule has 0 saturated carbocycles. The third-order valence-electron chi connectivity index (χ3n) is 7.29. The topological polar surface area (TPSA) is 43.9 Å². The van der Waals surface area contributed by atoms with Crippen LogP contribution < -0.4 is 0 Å². The zero-order valence-electron chi connectivity index (χ0n) is 20.7. The van der Waals surface area contributed by atoms with E-state index in [2.05, 4.69) is 47.1 Å². The van der Waals surface area contributed by atoms with Crippen LogP contribution in [0.15, 0.2) is 72.8 Å². The van der Waals surface area contributed by atoms with Crippen molar-refractivity contribution >= 4 is 22.7 Å². The molecule has 5 rings (SSSR count). The molecule has 0 bridgehead atoms. The van der Waals surface area contributed by atoms with Crippen molar-refractivity contribution < 1.29 is 9.59 Å². The van der Waals surface area contributed by atoms with Gasteiger partial charge in [-0.3, -0.25) is 9.69 Å². The van der Waals surface area contributed by atoms with Gasteiger partial charge in [-0.2, -0.15) is 0 Å². The summed E-state index contributed by atoms with van der Waals surface area (Å²) in [5.41, 5.74) is 2.17. The molecule has 0 aromatic heterocycles. The van der Waals surface area contributed by atoms with Gasteiger partial charge in [-0.1, -0.05) is 72.5 Å². The molecular weight excluding hydrogens is 446 g/mol. The molecule has 2 aliphatic rings. The first kappa shape index (κ1) is 24.1. The minimum atomic E-state index is -0.437. The van der Waals surface area contributed by atoms with Crippen molar-refractivity contribution in [3.63, 3.8) is 0 Å². The largest absolute Gasteiger partial charge is 0.327 e. The number of hydrogen-bond donors (Lipinski definition) is 0. The van der Waals surface area contributed by atoms with E-state index in [4.69, 9.17) is 0 Å². The molecule has 0 aliphatic carbocycles. The van der Waals surface area contributed by atoms with E-state index in [-0.39, 0.29) is 11.9 Å². The van der Waals surface area contributed by atoms with Crippen molar-refractivity contribution in [2.75, 3.05) is 32.7 Å². The number of nitrogens with zero attached hydrogens (tertiary/aromatic N) is 3. The lowest BCUT2D eigenvalue weighted by Crippen LogP contribution is -2.39. The Balaban J connectivity index is 1.30. The fraction of sp³-hybridized carbons (Fsp3) is 0.355. The van der Waals surface area contributed by atoms with Crippen LogP contribution in [0.3, 0.4) is 0 Å². The summed E-state index contributed by atoms with van der Waals surface area (Å²) in [5, 5.41) is 2.41. The van der Waals surface area contributed by atoms with Gasteiger partial charge in [0.15, 0.2) is 0 Å². The minimum absolute atomic E-state index is 0.0598. The average Bonchev–Trinajstić information content (AvgIpc) is 3.51. The minimum Gasteiger partial charge on any atom is -0.311 e. The van der Waals surface area contributed by atoms with E-state index in [9.17, 15) is 9.59 Å². The van der Waals surface area contributed by atoms with Gasteiger partial charge in [0, 0.05) is 31.6 Å². The summed E-state index contributed by atoms with van der Waals surface area (Å²) >= 11 is 0. The van der Waals surface area contributed by atoms with E-state index < -0.39 is 6.04 Å². The first-order chi connectivity index (χ1) is 17.7. The van der Waals surface area contributed by atoms with Gasteiger partial charge in [-0.25, -0.2) is 4.79 Å². The van der Waals surface area contributed by atoms with Gasteiger partial charge in [0.05, 0.1) is 0 Å². The summed E-state index contributed by atoms with van der Waals surface area (Å²) in [4.78, 5) is 32.5. The van der Waals surface area contributed by atoms with Crippen molar-refractivity contribution in [3.05, 3.63) is 83.9 Å². The molecule has 2 aliphatic heterocycles. The first-order valence-electron chi connectivity index (χ1n) is 13.1. The summed E-state index contributed by atoms with van der Waals surface area (Å²) in [5.74, 6) is 6.30. The molecule has 5 heteroatoms. The molecule has 0 spiro atoms. The Labute approximate surface area is 213 Å². The molecule has 184 valence electrons. The SMILES string of the molecule is O=C1[C@H](CCc2cccc3ccccc23)N(CCC#Cc2ccccc2)C(=O)N1CCN1CCCC1. The van der Waals surface area contributed by atoms with Gasteiger partial charge in [-0.15, -0.1) is 0 Å². The number of rotatable bonds is 8. The maximum atomic E-state index is 13.5. The monoisotopic (exact) mass is 479 g/mol. The molecule has 0 unspecified atom stereocenters. The van der Waals surface area contributed by atoms with E-state index in [1.165, 1.54) is 34.1 Å². The fourth-order valence-electron chi connectivity index (χ4n) is 5.35. The average molecular weight is 480 g/mol. The second-order valence-electron chi connectivity index (χ2n) is 9.63. The number of aryl methyl sites for hydroxylation is 1. The van der Waals surface area contributed by atoms with Gasteiger partial charge >= 0.3 is 6.03 Å². The molecule has 3 aromatic carbocycles. The molecule has 0 radical (unpaired) electrons. The lowest BCUT2D eigenvalue weighted by molar-refractivity contribution is -0.128. The van der Waals surface area contributed by atoms with Gasteiger partial charge in [0.25, 0.3) is 5.91 Å². The zero-order chi connectivity index (χ0) is 24.7. The number of imide groups is 1. The highest BCUT2D eigenvalue weighted by Gasteiger charge is 2.44. The van der Waals surface area contributed by atoms with E-state index >= 15 is 0 Å². The molecule has 2 saturated heterocycles. The van der Waals surface area contributed by atoms with Crippen LogP contribution in [0.4, 0.5) is 4.79 Å². The van der Waals surface area contributed by atoms with Crippen molar-refractivity contribution in [1.29, 1.82) is 0 Å².